The number of hydrogen-bond donors (Lipinski definition) is 0. The van der Waals surface area contributed by atoms with Gasteiger partial charge in [-0.1, -0.05) is 0 Å². The lowest BCUT2D eigenvalue weighted by Crippen LogP contribution is -2.33. The molecule has 1 aliphatic heterocycles. The topological polar surface area (TPSA) is 36.3 Å². The fourth-order valence-electron chi connectivity index (χ4n) is 2.49. The molecule has 1 heterocycles. The molecule has 0 aromatic heterocycles. The van der Waals surface area contributed by atoms with Crippen molar-refractivity contribution in [2.45, 2.75) is 31.5 Å². The van der Waals surface area contributed by atoms with Crippen LogP contribution >= 0.6 is 0 Å². The molecule has 1 saturated heterocycles. The minimum absolute atomic E-state index is 0.0307. The first-order valence-corrected chi connectivity index (χ1v) is 6.86. The van der Waals surface area contributed by atoms with Crippen molar-refractivity contribution in [3.8, 4) is 6.07 Å². The van der Waals surface area contributed by atoms with Gasteiger partial charge in [-0.15, -0.1) is 0 Å². The van der Waals surface area contributed by atoms with Gasteiger partial charge in [-0.05, 0) is 37.5 Å². The maximum atomic E-state index is 12.7. The lowest BCUT2D eigenvalue weighted by atomic mass is 10.1. The number of anilines is 1. The highest BCUT2D eigenvalue weighted by Crippen LogP contribution is 2.32. The molecule has 0 bridgehead atoms. The summed E-state index contributed by atoms with van der Waals surface area (Å²) in [5.74, 6) is 0. The van der Waals surface area contributed by atoms with E-state index in [1.54, 1.807) is 11.9 Å². The van der Waals surface area contributed by atoms with E-state index < -0.39 is 11.7 Å². The molecule has 0 amide bonds. The third kappa shape index (κ3) is 3.88. The van der Waals surface area contributed by atoms with Crippen molar-refractivity contribution < 1.29 is 17.9 Å². The van der Waals surface area contributed by atoms with Crippen molar-refractivity contribution in [2.75, 3.05) is 25.1 Å². The van der Waals surface area contributed by atoms with Crippen LogP contribution in [-0.2, 0) is 10.9 Å². The summed E-state index contributed by atoms with van der Waals surface area (Å²) in [5.41, 5.74) is -0.270. The second-order valence-electron chi connectivity index (χ2n) is 5.21. The number of nitrogens with zero attached hydrogens (tertiary/aromatic N) is 2. The average molecular weight is 298 g/mol. The van der Waals surface area contributed by atoms with Crippen LogP contribution in [0.3, 0.4) is 0 Å². The summed E-state index contributed by atoms with van der Waals surface area (Å²) in [6.07, 6.45) is -1.29. The second-order valence-corrected chi connectivity index (χ2v) is 5.21. The summed E-state index contributed by atoms with van der Waals surface area (Å²) < 4.78 is 43.6. The minimum atomic E-state index is -4.44. The Balaban J connectivity index is 2.16. The number of nitriles is 1. The van der Waals surface area contributed by atoms with Gasteiger partial charge in [-0.2, -0.15) is 18.4 Å². The van der Waals surface area contributed by atoms with Crippen LogP contribution in [0.5, 0.6) is 0 Å². The van der Waals surface area contributed by atoms with E-state index in [-0.39, 0.29) is 11.7 Å². The third-order valence-electron chi connectivity index (χ3n) is 3.61. The van der Waals surface area contributed by atoms with E-state index in [0.717, 1.165) is 38.0 Å². The Morgan fingerprint density at radius 1 is 1.38 bits per heavy atom. The molecule has 6 heteroatoms. The molecule has 0 aliphatic carbocycles. The molecular formula is C15H17F3N2O. The lowest BCUT2D eigenvalue weighted by molar-refractivity contribution is -0.137. The molecule has 1 aromatic rings. The van der Waals surface area contributed by atoms with Crippen LogP contribution in [0, 0.1) is 11.3 Å². The highest BCUT2D eigenvalue weighted by Gasteiger charge is 2.31. The van der Waals surface area contributed by atoms with E-state index in [1.807, 2.05) is 6.07 Å². The van der Waals surface area contributed by atoms with E-state index in [4.69, 9.17) is 10.00 Å². The van der Waals surface area contributed by atoms with Gasteiger partial charge in [0.25, 0.3) is 0 Å². The van der Waals surface area contributed by atoms with Gasteiger partial charge >= 0.3 is 6.18 Å². The Morgan fingerprint density at radius 3 is 2.71 bits per heavy atom. The maximum absolute atomic E-state index is 12.7. The van der Waals surface area contributed by atoms with E-state index >= 15 is 0 Å². The van der Waals surface area contributed by atoms with Crippen LogP contribution < -0.4 is 4.90 Å². The van der Waals surface area contributed by atoms with E-state index in [2.05, 4.69) is 0 Å². The van der Waals surface area contributed by atoms with Gasteiger partial charge in [0.15, 0.2) is 0 Å². The fraction of sp³-hybridized carbons (Fsp3) is 0.533. The Labute approximate surface area is 121 Å². The van der Waals surface area contributed by atoms with Gasteiger partial charge in [0.05, 0.1) is 22.9 Å². The van der Waals surface area contributed by atoms with Crippen molar-refractivity contribution in [1.82, 2.24) is 0 Å². The summed E-state index contributed by atoms with van der Waals surface area (Å²) in [6.45, 7) is 1.29. The summed E-state index contributed by atoms with van der Waals surface area (Å²) in [6, 6.07) is 5.10. The number of likely N-dealkylation sites (N-methyl/N-ethyl adjacent to an activating group) is 1. The monoisotopic (exact) mass is 298 g/mol. The Bertz CT molecular complexity index is 531. The lowest BCUT2D eigenvalue weighted by Gasteiger charge is -2.29. The van der Waals surface area contributed by atoms with E-state index in [0.29, 0.717) is 12.2 Å². The van der Waals surface area contributed by atoms with Crippen LogP contribution in [0.15, 0.2) is 18.2 Å². The molecule has 1 unspecified atom stereocenters. The van der Waals surface area contributed by atoms with Crippen LogP contribution in [0.25, 0.3) is 0 Å². The summed E-state index contributed by atoms with van der Waals surface area (Å²) in [4.78, 5) is 1.79. The Hall–Kier alpha value is -1.74. The standard InChI is InChI=1S/C15H17F3N2O/c1-20(10-13-4-2-3-7-21-13)14-6-5-12(15(16,17)18)8-11(14)9-19/h5-6,8,13H,2-4,7,10H2,1H3. The molecule has 0 N–H and O–H groups in total. The molecule has 21 heavy (non-hydrogen) atoms. The molecule has 1 aromatic carbocycles. The highest BCUT2D eigenvalue weighted by molar-refractivity contribution is 5.60. The van der Waals surface area contributed by atoms with Gasteiger partial charge in [-0.25, -0.2) is 0 Å². The summed E-state index contributed by atoms with van der Waals surface area (Å²) >= 11 is 0. The van der Waals surface area contributed by atoms with Crippen LogP contribution in [0.4, 0.5) is 18.9 Å². The van der Waals surface area contributed by atoms with Crippen molar-refractivity contribution in [2.24, 2.45) is 0 Å². The van der Waals surface area contributed by atoms with E-state index in [9.17, 15) is 13.2 Å². The second kappa shape index (κ2) is 6.35. The largest absolute Gasteiger partial charge is 0.416 e. The van der Waals surface area contributed by atoms with Gasteiger partial charge in [0.2, 0.25) is 0 Å². The molecule has 1 fully saturated rings. The third-order valence-corrected chi connectivity index (χ3v) is 3.61. The molecule has 114 valence electrons. The molecular weight excluding hydrogens is 281 g/mol. The maximum Gasteiger partial charge on any atom is 0.416 e. The number of ether oxygens (including phenoxy) is 1. The SMILES string of the molecule is CN(CC1CCCCO1)c1ccc(C(F)(F)F)cc1C#N. The van der Waals surface area contributed by atoms with Crippen molar-refractivity contribution >= 4 is 5.69 Å². The normalized spacial score (nSPS) is 19.1. The summed E-state index contributed by atoms with van der Waals surface area (Å²) in [7, 11) is 1.77. The number of halogens is 3. The van der Waals surface area contributed by atoms with Crippen molar-refractivity contribution in [3.05, 3.63) is 29.3 Å². The summed E-state index contributed by atoms with van der Waals surface area (Å²) in [5, 5.41) is 9.09. The molecule has 1 atom stereocenters. The number of rotatable bonds is 3. The molecule has 2 rings (SSSR count). The van der Waals surface area contributed by atoms with Crippen LogP contribution in [0.2, 0.25) is 0 Å². The number of benzene rings is 1. The smallest absolute Gasteiger partial charge is 0.376 e. The molecule has 0 saturated carbocycles. The first kappa shape index (κ1) is 15.6. The van der Waals surface area contributed by atoms with E-state index in [1.165, 1.54) is 6.07 Å². The van der Waals surface area contributed by atoms with Gasteiger partial charge in [-0.3, -0.25) is 0 Å². The van der Waals surface area contributed by atoms with Gasteiger partial charge in [0.1, 0.15) is 6.07 Å². The first-order chi connectivity index (χ1) is 9.91. The quantitative estimate of drug-likeness (QED) is 0.855. The van der Waals surface area contributed by atoms with Crippen LogP contribution in [-0.4, -0.2) is 26.3 Å². The fourth-order valence-corrected chi connectivity index (χ4v) is 2.49. The average Bonchev–Trinajstić information content (AvgIpc) is 2.46. The molecule has 0 radical (unpaired) electrons. The van der Waals surface area contributed by atoms with Crippen molar-refractivity contribution in [1.29, 1.82) is 5.26 Å². The zero-order valence-electron chi connectivity index (χ0n) is 11.8. The van der Waals surface area contributed by atoms with Gasteiger partial charge < -0.3 is 9.64 Å². The predicted molar refractivity (Wildman–Crippen MR) is 73.0 cm³/mol. The van der Waals surface area contributed by atoms with Gasteiger partial charge in [0, 0.05) is 20.2 Å². The Kier molecular flexibility index (Phi) is 4.73. The van der Waals surface area contributed by atoms with Crippen LogP contribution in [0.1, 0.15) is 30.4 Å². The molecule has 1 aliphatic rings. The number of hydrogen-bond acceptors (Lipinski definition) is 3. The zero-order chi connectivity index (χ0) is 15.5. The minimum Gasteiger partial charge on any atom is -0.376 e. The number of alkyl halides is 3. The Morgan fingerprint density at radius 2 is 2.14 bits per heavy atom. The zero-order valence-corrected chi connectivity index (χ0v) is 11.8. The molecule has 0 spiro atoms. The first-order valence-electron chi connectivity index (χ1n) is 6.86. The molecule has 3 nitrogen and oxygen atoms in total. The predicted octanol–water partition coefficient (Wildman–Crippen LogP) is 3.58. The van der Waals surface area contributed by atoms with Crippen molar-refractivity contribution in [3.63, 3.8) is 0 Å². The highest BCUT2D eigenvalue weighted by atomic mass is 19.4.